The molecule has 0 aliphatic carbocycles. The second-order valence-electron chi connectivity index (χ2n) is 7.56. The summed E-state index contributed by atoms with van der Waals surface area (Å²) in [5.41, 5.74) is 2.13. The number of benzene rings is 3. The van der Waals surface area contributed by atoms with E-state index in [-0.39, 0.29) is 5.41 Å². The Bertz CT molecular complexity index is 909. The second-order valence-corrected chi connectivity index (χ2v) is 9.88. The van der Waals surface area contributed by atoms with E-state index in [9.17, 15) is 4.57 Å². The first-order valence-electron chi connectivity index (χ1n) is 9.01. The van der Waals surface area contributed by atoms with Crippen molar-refractivity contribution in [2.75, 3.05) is 0 Å². The Morgan fingerprint density at radius 3 is 1.63 bits per heavy atom. The molecule has 3 aromatic carbocycles. The molecule has 0 spiro atoms. The third kappa shape index (κ3) is 4.23. The number of hydrogen-bond acceptors (Lipinski definition) is 2. The molecule has 0 aliphatic rings. The van der Waals surface area contributed by atoms with Gasteiger partial charge in [0.2, 0.25) is 0 Å². The highest BCUT2D eigenvalue weighted by Gasteiger charge is 2.30. The summed E-state index contributed by atoms with van der Waals surface area (Å²) in [4.78, 5) is 0. The highest BCUT2D eigenvalue weighted by molar-refractivity contribution is 7.74. The zero-order valence-corrected chi connectivity index (χ0v) is 16.9. The van der Waals surface area contributed by atoms with Crippen molar-refractivity contribution >= 4 is 23.7 Å². The van der Waals surface area contributed by atoms with Crippen LogP contribution in [0.1, 0.15) is 31.9 Å². The van der Waals surface area contributed by atoms with Crippen molar-refractivity contribution in [2.24, 2.45) is 0 Å². The summed E-state index contributed by atoms with van der Waals surface area (Å²) >= 11 is 0. The fraction of sp³-hybridized carbons (Fsp3) is 0.167. The van der Waals surface area contributed by atoms with Crippen molar-refractivity contribution < 1.29 is 9.09 Å². The van der Waals surface area contributed by atoms with Gasteiger partial charge in [0.05, 0.1) is 10.6 Å². The molecule has 0 N–H and O–H groups in total. The summed E-state index contributed by atoms with van der Waals surface area (Å²) in [6.07, 6.45) is 0. The predicted molar refractivity (Wildman–Crippen MR) is 115 cm³/mol. The zero-order valence-electron chi connectivity index (χ0n) is 16.1. The Labute approximate surface area is 162 Å². The molecule has 3 rings (SSSR count). The lowest BCUT2D eigenvalue weighted by molar-refractivity contribution is 0.481. The van der Waals surface area contributed by atoms with E-state index in [1.165, 1.54) is 5.56 Å². The van der Waals surface area contributed by atoms with Crippen LogP contribution >= 0.6 is 7.37 Å². The number of hydrogen-bond donors (Lipinski definition) is 0. The predicted octanol–water partition coefficient (Wildman–Crippen LogP) is 5.90. The molecule has 0 saturated heterocycles. The minimum Gasteiger partial charge on any atom is -0.437 e. The molecule has 0 bridgehead atoms. The zero-order chi connectivity index (χ0) is 19.5. The van der Waals surface area contributed by atoms with Crippen molar-refractivity contribution in [3.05, 3.63) is 103 Å². The van der Waals surface area contributed by atoms with Crippen molar-refractivity contribution in [3.8, 4) is 0 Å². The fourth-order valence-corrected chi connectivity index (χ4v) is 4.92. The van der Waals surface area contributed by atoms with Crippen LogP contribution in [0.25, 0.3) is 5.76 Å². The van der Waals surface area contributed by atoms with Crippen LogP contribution in [0.15, 0.2) is 91.5 Å². The van der Waals surface area contributed by atoms with Crippen LogP contribution in [-0.4, -0.2) is 0 Å². The molecule has 0 atom stereocenters. The number of rotatable bonds is 5. The van der Waals surface area contributed by atoms with Crippen LogP contribution in [0.3, 0.4) is 0 Å². The fourth-order valence-electron chi connectivity index (χ4n) is 2.87. The Kier molecular flexibility index (Phi) is 5.39. The van der Waals surface area contributed by atoms with Gasteiger partial charge in [0, 0.05) is 5.56 Å². The van der Waals surface area contributed by atoms with Crippen molar-refractivity contribution in [2.45, 2.75) is 26.2 Å². The van der Waals surface area contributed by atoms with E-state index in [4.69, 9.17) is 4.52 Å². The van der Waals surface area contributed by atoms with Crippen LogP contribution in [0.2, 0.25) is 0 Å². The molecular weight excluding hydrogens is 351 g/mol. The minimum atomic E-state index is -3.29. The summed E-state index contributed by atoms with van der Waals surface area (Å²) in [6.45, 7) is 10.6. The standard InChI is InChI=1S/C24H25O2P/c1-19(20-15-17-21(18-16-20)24(2,3)4)26-27(25,22-11-7-5-8-12-22)23-13-9-6-10-14-23/h5-18H,1H2,2-4H3. The van der Waals surface area contributed by atoms with Crippen LogP contribution < -0.4 is 10.6 Å². The molecular formula is C24H25O2P. The maximum absolute atomic E-state index is 13.9. The van der Waals surface area contributed by atoms with Gasteiger partial charge in [0.15, 0.2) is 0 Å². The molecule has 0 amide bonds. The van der Waals surface area contributed by atoms with E-state index >= 15 is 0 Å². The monoisotopic (exact) mass is 376 g/mol. The third-order valence-electron chi connectivity index (χ3n) is 4.50. The largest absolute Gasteiger partial charge is 0.437 e. The average molecular weight is 376 g/mol. The van der Waals surface area contributed by atoms with E-state index in [0.29, 0.717) is 16.4 Å². The first-order chi connectivity index (χ1) is 12.8. The smallest absolute Gasteiger partial charge is 0.306 e. The lowest BCUT2D eigenvalue weighted by Gasteiger charge is -2.23. The summed E-state index contributed by atoms with van der Waals surface area (Å²) in [5.74, 6) is 0.409. The van der Waals surface area contributed by atoms with Crippen LogP contribution in [0, 0.1) is 0 Å². The van der Waals surface area contributed by atoms with Crippen LogP contribution in [-0.2, 0) is 14.5 Å². The van der Waals surface area contributed by atoms with Gasteiger partial charge in [-0.2, -0.15) is 0 Å². The first kappa shape index (κ1) is 19.2. The second kappa shape index (κ2) is 7.58. The van der Waals surface area contributed by atoms with Gasteiger partial charge >= 0.3 is 7.37 Å². The SMILES string of the molecule is C=C(OP(=O)(c1ccccc1)c1ccccc1)c1ccc(C(C)(C)C)cc1. The summed E-state index contributed by atoms with van der Waals surface area (Å²) in [7, 11) is -3.29. The Hall–Kier alpha value is -2.57. The maximum atomic E-state index is 13.9. The van der Waals surface area contributed by atoms with Gasteiger partial charge in [-0.15, -0.1) is 0 Å². The van der Waals surface area contributed by atoms with E-state index in [2.05, 4.69) is 39.5 Å². The van der Waals surface area contributed by atoms with Crippen LogP contribution in [0.4, 0.5) is 0 Å². The minimum absolute atomic E-state index is 0.0735. The molecule has 2 nitrogen and oxygen atoms in total. The molecule has 3 heteroatoms. The third-order valence-corrected chi connectivity index (χ3v) is 6.94. The Morgan fingerprint density at radius 1 is 0.778 bits per heavy atom. The Morgan fingerprint density at radius 2 is 1.22 bits per heavy atom. The quantitative estimate of drug-likeness (QED) is 0.409. The summed E-state index contributed by atoms with van der Waals surface area (Å²) < 4.78 is 20.0. The molecule has 0 radical (unpaired) electrons. The van der Waals surface area contributed by atoms with Gasteiger partial charge in [-0.1, -0.05) is 88.0 Å². The van der Waals surface area contributed by atoms with Gasteiger partial charge in [-0.05, 0) is 35.2 Å². The summed E-state index contributed by atoms with van der Waals surface area (Å²) in [5, 5.41) is 1.31. The molecule has 0 aromatic heterocycles. The van der Waals surface area contributed by atoms with Gasteiger partial charge in [0.1, 0.15) is 5.76 Å². The van der Waals surface area contributed by atoms with E-state index in [1.54, 1.807) is 0 Å². The highest BCUT2D eigenvalue weighted by atomic mass is 31.2. The molecule has 138 valence electrons. The van der Waals surface area contributed by atoms with E-state index in [0.717, 1.165) is 5.56 Å². The molecule has 0 fully saturated rings. The van der Waals surface area contributed by atoms with Gasteiger partial charge < -0.3 is 4.52 Å². The van der Waals surface area contributed by atoms with Gasteiger partial charge in [-0.25, -0.2) is 0 Å². The van der Waals surface area contributed by atoms with Crippen molar-refractivity contribution in [1.82, 2.24) is 0 Å². The summed E-state index contributed by atoms with van der Waals surface area (Å²) in [6, 6.07) is 26.7. The highest BCUT2D eigenvalue weighted by Crippen LogP contribution is 2.48. The van der Waals surface area contributed by atoms with Gasteiger partial charge in [-0.3, -0.25) is 4.57 Å². The molecule has 3 aromatic rings. The van der Waals surface area contributed by atoms with Gasteiger partial charge in [0.25, 0.3) is 0 Å². The molecule has 0 saturated carbocycles. The van der Waals surface area contributed by atoms with Crippen molar-refractivity contribution in [3.63, 3.8) is 0 Å². The Balaban J connectivity index is 1.96. The lowest BCUT2D eigenvalue weighted by Crippen LogP contribution is -2.17. The normalized spacial score (nSPS) is 11.8. The molecule has 0 aliphatic heterocycles. The molecule has 27 heavy (non-hydrogen) atoms. The molecule has 0 unspecified atom stereocenters. The van der Waals surface area contributed by atoms with E-state index in [1.807, 2.05) is 72.8 Å². The molecule has 0 heterocycles. The first-order valence-corrected chi connectivity index (χ1v) is 10.6. The van der Waals surface area contributed by atoms with Crippen LogP contribution in [0.5, 0.6) is 0 Å². The van der Waals surface area contributed by atoms with Crippen molar-refractivity contribution in [1.29, 1.82) is 0 Å². The maximum Gasteiger partial charge on any atom is 0.306 e. The lowest BCUT2D eigenvalue weighted by atomic mass is 9.86. The topological polar surface area (TPSA) is 26.3 Å². The average Bonchev–Trinajstić information content (AvgIpc) is 2.68. The van der Waals surface area contributed by atoms with E-state index < -0.39 is 7.37 Å².